The van der Waals surface area contributed by atoms with Crippen LogP contribution in [-0.2, 0) is 4.79 Å². The van der Waals surface area contributed by atoms with Crippen LogP contribution < -0.4 is 10.6 Å². The molecule has 2 atom stereocenters. The highest BCUT2D eigenvalue weighted by Gasteiger charge is 2.12. The molecule has 2 unspecified atom stereocenters. The van der Waals surface area contributed by atoms with Gasteiger partial charge < -0.3 is 15.7 Å². The summed E-state index contributed by atoms with van der Waals surface area (Å²) in [6.07, 6.45) is 7.01. The number of carbonyl (C=O) groups is 2. The number of urea groups is 1. The summed E-state index contributed by atoms with van der Waals surface area (Å²) in [5, 5.41) is 14.4. The van der Waals surface area contributed by atoms with E-state index < -0.39 is 5.97 Å². The van der Waals surface area contributed by atoms with E-state index in [9.17, 15) is 9.59 Å². The average molecular weight is 270 g/mol. The van der Waals surface area contributed by atoms with Crippen LogP contribution in [0.25, 0.3) is 0 Å². The van der Waals surface area contributed by atoms with Crippen LogP contribution in [0, 0.1) is 5.92 Å². The number of allylic oxidation sites excluding steroid dienone is 1. The molecule has 0 aliphatic heterocycles. The van der Waals surface area contributed by atoms with E-state index in [1.165, 1.54) is 0 Å². The number of rotatable bonds is 9. The van der Waals surface area contributed by atoms with E-state index in [-0.39, 0.29) is 18.0 Å². The number of aliphatic carboxylic acids is 1. The fraction of sp³-hybridized carbons (Fsp3) is 0.714. The molecule has 0 fully saturated rings. The molecule has 0 spiro atoms. The van der Waals surface area contributed by atoms with Gasteiger partial charge in [0.15, 0.2) is 0 Å². The van der Waals surface area contributed by atoms with Gasteiger partial charge in [0.1, 0.15) is 0 Å². The van der Waals surface area contributed by atoms with Crippen molar-refractivity contribution in [1.29, 1.82) is 0 Å². The topological polar surface area (TPSA) is 78.4 Å². The maximum Gasteiger partial charge on any atom is 0.315 e. The zero-order chi connectivity index (χ0) is 14.7. The number of carbonyl (C=O) groups excluding carboxylic acids is 1. The van der Waals surface area contributed by atoms with E-state index in [1.54, 1.807) is 6.92 Å². The van der Waals surface area contributed by atoms with Crippen LogP contribution >= 0.6 is 0 Å². The first kappa shape index (κ1) is 17.5. The molecule has 0 radical (unpaired) electrons. The summed E-state index contributed by atoms with van der Waals surface area (Å²) in [7, 11) is 0. The molecule has 0 aromatic carbocycles. The second-order valence-electron chi connectivity index (χ2n) is 4.83. The molecular weight excluding hydrogens is 244 g/mol. The zero-order valence-electron chi connectivity index (χ0n) is 12.1. The lowest BCUT2D eigenvalue weighted by atomic mass is 10.0. The standard InChI is InChI=1S/C14H26N2O3/c1-4-5-6-10-15-14(19)16-12(3)9-7-8-11(2)13(17)18/h4-5,11-12H,6-10H2,1-3H3,(H,17,18)(H2,15,16,19)/b5-4+. The lowest BCUT2D eigenvalue weighted by molar-refractivity contribution is -0.141. The molecule has 0 saturated heterocycles. The summed E-state index contributed by atoms with van der Waals surface area (Å²) in [5.74, 6) is -1.08. The molecule has 2 amide bonds. The van der Waals surface area contributed by atoms with Crippen molar-refractivity contribution in [2.24, 2.45) is 5.92 Å². The molecular formula is C14H26N2O3. The second-order valence-corrected chi connectivity index (χ2v) is 4.83. The van der Waals surface area contributed by atoms with Crippen LogP contribution in [0.3, 0.4) is 0 Å². The predicted octanol–water partition coefficient (Wildman–Crippen LogP) is 2.53. The van der Waals surface area contributed by atoms with Gasteiger partial charge in [-0.1, -0.05) is 25.5 Å². The zero-order valence-corrected chi connectivity index (χ0v) is 12.1. The van der Waals surface area contributed by atoms with Crippen LogP contribution in [0.15, 0.2) is 12.2 Å². The van der Waals surface area contributed by atoms with Crippen LogP contribution in [-0.4, -0.2) is 29.7 Å². The highest BCUT2D eigenvalue weighted by Crippen LogP contribution is 2.09. The summed E-state index contributed by atoms with van der Waals surface area (Å²) in [6, 6.07) is -0.106. The minimum absolute atomic E-state index is 0.0581. The van der Waals surface area contributed by atoms with Crippen LogP contribution in [0.2, 0.25) is 0 Å². The summed E-state index contributed by atoms with van der Waals surface area (Å²) < 4.78 is 0. The predicted molar refractivity (Wildman–Crippen MR) is 76.1 cm³/mol. The van der Waals surface area contributed by atoms with Gasteiger partial charge in [0.25, 0.3) is 0 Å². The van der Waals surface area contributed by atoms with Crippen molar-refractivity contribution in [3.05, 3.63) is 12.2 Å². The van der Waals surface area contributed by atoms with Gasteiger partial charge in [-0.3, -0.25) is 4.79 Å². The molecule has 110 valence electrons. The largest absolute Gasteiger partial charge is 0.481 e. The first-order valence-corrected chi connectivity index (χ1v) is 6.85. The lowest BCUT2D eigenvalue weighted by Gasteiger charge is -2.15. The average Bonchev–Trinajstić information content (AvgIpc) is 2.34. The molecule has 5 nitrogen and oxygen atoms in total. The number of hydrogen-bond donors (Lipinski definition) is 3. The van der Waals surface area contributed by atoms with Gasteiger partial charge in [-0.25, -0.2) is 4.79 Å². The Morgan fingerprint density at radius 1 is 1.26 bits per heavy atom. The minimum atomic E-state index is -0.762. The van der Waals surface area contributed by atoms with Gasteiger partial charge in [-0.05, 0) is 33.1 Å². The van der Waals surface area contributed by atoms with Gasteiger partial charge in [0.2, 0.25) is 0 Å². The monoisotopic (exact) mass is 270 g/mol. The molecule has 0 aromatic rings. The summed E-state index contributed by atoms with van der Waals surface area (Å²) >= 11 is 0. The summed E-state index contributed by atoms with van der Waals surface area (Å²) in [6.45, 7) is 6.20. The maximum absolute atomic E-state index is 11.5. The molecule has 3 N–H and O–H groups in total. The van der Waals surface area contributed by atoms with Crippen molar-refractivity contribution in [2.75, 3.05) is 6.54 Å². The summed E-state index contributed by atoms with van der Waals surface area (Å²) in [5.41, 5.74) is 0. The molecule has 5 heteroatoms. The van der Waals surface area contributed by atoms with Gasteiger partial charge in [-0.15, -0.1) is 0 Å². The van der Waals surface area contributed by atoms with Crippen molar-refractivity contribution < 1.29 is 14.7 Å². The van der Waals surface area contributed by atoms with E-state index in [0.717, 1.165) is 19.3 Å². The number of carboxylic acids is 1. The van der Waals surface area contributed by atoms with Crippen LogP contribution in [0.5, 0.6) is 0 Å². The third-order valence-corrected chi connectivity index (χ3v) is 2.91. The number of nitrogens with one attached hydrogen (secondary N) is 2. The summed E-state index contributed by atoms with van der Waals surface area (Å²) in [4.78, 5) is 22.1. The SMILES string of the molecule is C/C=C/CCNC(=O)NC(C)CCCC(C)C(=O)O. The normalized spacial score (nSPS) is 14.1. The molecule has 0 aliphatic carbocycles. The number of amides is 2. The maximum atomic E-state index is 11.5. The van der Waals surface area contributed by atoms with Crippen LogP contribution in [0.4, 0.5) is 4.79 Å². The van der Waals surface area contributed by atoms with Gasteiger partial charge in [0, 0.05) is 12.6 Å². The molecule has 19 heavy (non-hydrogen) atoms. The van der Waals surface area contributed by atoms with E-state index in [0.29, 0.717) is 13.0 Å². The van der Waals surface area contributed by atoms with Gasteiger partial charge >= 0.3 is 12.0 Å². The van der Waals surface area contributed by atoms with Crippen LogP contribution in [0.1, 0.15) is 46.5 Å². The lowest BCUT2D eigenvalue weighted by Crippen LogP contribution is -2.41. The van der Waals surface area contributed by atoms with Crippen molar-refractivity contribution in [1.82, 2.24) is 10.6 Å². The van der Waals surface area contributed by atoms with Gasteiger partial charge in [-0.2, -0.15) is 0 Å². The van der Waals surface area contributed by atoms with Crippen molar-refractivity contribution in [2.45, 2.75) is 52.5 Å². The van der Waals surface area contributed by atoms with Crippen molar-refractivity contribution in [3.8, 4) is 0 Å². The highest BCUT2D eigenvalue weighted by atomic mass is 16.4. The fourth-order valence-corrected chi connectivity index (χ4v) is 1.64. The third-order valence-electron chi connectivity index (χ3n) is 2.91. The Morgan fingerprint density at radius 3 is 2.53 bits per heavy atom. The molecule has 0 bridgehead atoms. The fourth-order valence-electron chi connectivity index (χ4n) is 1.64. The third kappa shape index (κ3) is 10.1. The smallest absolute Gasteiger partial charge is 0.315 e. The Kier molecular flexibility index (Phi) is 9.57. The number of hydrogen-bond acceptors (Lipinski definition) is 2. The minimum Gasteiger partial charge on any atom is -0.481 e. The Labute approximate surface area is 115 Å². The Bertz CT molecular complexity index is 303. The first-order valence-electron chi connectivity index (χ1n) is 6.85. The molecule has 0 heterocycles. The van der Waals surface area contributed by atoms with E-state index in [1.807, 2.05) is 26.0 Å². The Balaban J connectivity index is 3.64. The van der Waals surface area contributed by atoms with E-state index in [4.69, 9.17) is 5.11 Å². The molecule has 0 aromatic heterocycles. The Morgan fingerprint density at radius 2 is 1.95 bits per heavy atom. The van der Waals surface area contributed by atoms with Crippen molar-refractivity contribution in [3.63, 3.8) is 0 Å². The number of carboxylic acid groups (broad SMARTS) is 1. The Hall–Kier alpha value is -1.52. The highest BCUT2D eigenvalue weighted by molar-refractivity contribution is 5.74. The van der Waals surface area contributed by atoms with E-state index in [2.05, 4.69) is 10.6 Å². The van der Waals surface area contributed by atoms with Gasteiger partial charge in [0.05, 0.1) is 5.92 Å². The molecule has 0 aliphatic rings. The van der Waals surface area contributed by atoms with E-state index >= 15 is 0 Å². The quantitative estimate of drug-likeness (QED) is 0.445. The second kappa shape index (κ2) is 10.4. The van der Waals surface area contributed by atoms with Crippen molar-refractivity contribution >= 4 is 12.0 Å². The molecule has 0 saturated carbocycles. The molecule has 0 rings (SSSR count). The first-order chi connectivity index (χ1) is 8.97.